The van der Waals surface area contributed by atoms with Crippen LogP contribution in [0.4, 0.5) is 0 Å². The van der Waals surface area contributed by atoms with Gasteiger partial charge in [-0.1, -0.05) is 6.07 Å². The molecule has 0 radical (unpaired) electrons. The Bertz CT molecular complexity index is 756. The van der Waals surface area contributed by atoms with Crippen LogP contribution < -0.4 is 0 Å². The van der Waals surface area contributed by atoms with Gasteiger partial charge in [0.1, 0.15) is 11.8 Å². The molecule has 0 amide bonds. The Morgan fingerprint density at radius 2 is 2.11 bits per heavy atom. The maximum atomic E-state index is 9.30. The average molecular weight is 299 g/mol. The first-order valence-corrected chi connectivity index (χ1v) is 6.08. The van der Waals surface area contributed by atoms with Crippen molar-refractivity contribution in [3.05, 3.63) is 52.9 Å². The van der Waals surface area contributed by atoms with Crippen molar-refractivity contribution in [2.24, 2.45) is 0 Å². The third kappa shape index (κ3) is 1.59. The molecule has 18 heavy (non-hydrogen) atoms. The third-order valence-electron chi connectivity index (χ3n) is 2.62. The lowest BCUT2D eigenvalue weighted by Gasteiger charge is -1.96. The van der Waals surface area contributed by atoms with Crippen LogP contribution in [0.25, 0.3) is 17.0 Å². The Labute approximate surface area is 112 Å². The van der Waals surface area contributed by atoms with Crippen molar-refractivity contribution in [3.8, 4) is 17.5 Å². The summed E-state index contributed by atoms with van der Waals surface area (Å²) in [6, 6.07) is 11.5. The molecule has 0 aliphatic heterocycles. The molecule has 0 spiro atoms. The van der Waals surface area contributed by atoms with E-state index in [1.54, 1.807) is 10.6 Å². The van der Waals surface area contributed by atoms with E-state index in [0.717, 1.165) is 10.1 Å². The number of nitrogens with zero attached hydrogens (tertiary/aromatic N) is 4. The van der Waals surface area contributed by atoms with Gasteiger partial charge in [0, 0.05) is 12.4 Å². The molecule has 0 aliphatic rings. The van der Waals surface area contributed by atoms with Crippen LogP contribution >= 0.6 is 15.9 Å². The van der Waals surface area contributed by atoms with Gasteiger partial charge in [0.25, 0.3) is 0 Å². The molecule has 0 saturated carbocycles. The lowest BCUT2D eigenvalue weighted by molar-refractivity contribution is 1.15. The van der Waals surface area contributed by atoms with Crippen molar-refractivity contribution >= 4 is 21.6 Å². The first kappa shape index (κ1) is 10.9. The molecule has 0 atom stereocenters. The Morgan fingerprint density at radius 1 is 1.22 bits per heavy atom. The molecule has 0 fully saturated rings. The highest BCUT2D eigenvalue weighted by atomic mass is 79.9. The van der Waals surface area contributed by atoms with Crippen LogP contribution in [0.1, 0.15) is 5.69 Å². The van der Waals surface area contributed by atoms with Gasteiger partial charge in [-0.15, -0.1) is 0 Å². The van der Waals surface area contributed by atoms with Gasteiger partial charge in [-0.25, -0.2) is 4.98 Å². The van der Waals surface area contributed by atoms with E-state index >= 15 is 0 Å². The summed E-state index contributed by atoms with van der Waals surface area (Å²) < 4.78 is 2.61. The third-order valence-corrected chi connectivity index (χ3v) is 3.23. The molecule has 3 aromatic heterocycles. The molecule has 86 valence electrons. The molecule has 5 heteroatoms. The molecule has 3 rings (SSSR count). The number of imidazole rings is 1. The van der Waals surface area contributed by atoms with Crippen LogP contribution in [-0.4, -0.2) is 14.4 Å². The van der Waals surface area contributed by atoms with Crippen LogP contribution in [0, 0.1) is 11.3 Å². The number of pyridine rings is 2. The fourth-order valence-corrected chi connectivity index (χ4v) is 2.25. The Morgan fingerprint density at radius 3 is 2.83 bits per heavy atom. The van der Waals surface area contributed by atoms with Crippen LogP contribution in [0.2, 0.25) is 0 Å². The van der Waals surface area contributed by atoms with Gasteiger partial charge in [0.2, 0.25) is 0 Å². The average Bonchev–Trinajstić information content (AvgIpc) is 2.80. The number of halogens is 1. The summed E-state index contributed by atoms with van der Waals surface area (Å²) in [6.45, 7) is 0. The molecule has 0 saturated heterocycles. The number of hydrogen-bond acceptors (Lipinski definition) is 3. The van der Waals surface area contributed by atoms with E-state index in [9.17, 15) is 5.26 Å². The van der Waals surface area contributed by atoms with Crippen LogP contribution in [0.15, 0.2) is 47.2 Å². The predicted octanol–water partition coefficient (Wildman–Crippen LogP) is 3.03. The summed E-state index contributed by atoms with van der Waals surface area (Å²) >= 11 is 3.43. The first-order valence-electron chi connectivity index (χ1n) is 5.29. The summed E-state index contributed by atoms with van der Waals surface area (Å²) in [5, 5.41) is 9.30. The van der Waals surface area contributed by atoms with Gasteiger partial charge in [-0.05, 0) is 40.2 Å². The maximum absolute atomic E-state index is 9.30. The van der Waals surface area contributed by atoms with E-state index in [1.165, 1.54) is 0 Å². The minimum atomic E-state index is 0.491. The molecule has 0 unspecified atom stereocenters. The van der Waals surface area contributed by atoms with Gasteiger partial charge in [0.15, 0.2) is 11.3 Å². The SMILES string of the molecule is N#Cc1c(-c2ccccn2)nc2c(Br)cccn12. The number of aromatic nitrogens is 3. The number of hydrogen-bond donors (Lipinski definition) is 0. The topological polar surface area (TPSA) is 54.0 Å². The summed E-state index contributed by atoms with van der Waals surface area (Å²) in [5.41, 5.74) is 2.51. The maximum Gasteiger partial charge on any atom is 0.154 e. The molecular formula is C13H7BrN4. The minimum Gasteiger partial charge on any atom is -0.290 e. The summed E-state index contributed by atoms with van der Waals surface area (Å²) in [7, 11) is 0. The van der Waals surface area contributed by atoms with Crippen LogP contribution in [0.3, 0.4) is 0 Å². The zero-order chi connectivity index (χ0) is 12.5. The fraction of sp³-hybridized carbons (Fsp3) is 0. The van der Waals surface area contributed by atoms with E-state index in [-0.39, 0.29) is 0 Å². The zero-order valence-corrected chi connectivity index (χ0v) is 10.8. The standard InChI is InChI=1S/C13H7BrN4/c14-9-4-3-7-18-11(8-15)12(17-13(9)18)10-5-1-2-6-16-10/h1-7H. The van der Waals surface area contributed by atoms with Crippen molar-refractivity contribution in [1.29, 1.82) is 5.26 Å². The van der Waals surface area contributed by atoms with Crippen molar-refractivity contribution < 1.29 is 0 Å². The van der Waals surface area contributed by atoms with Gasteiger partial charge < -0.3 is 0 Å². The Hall–Kier alpha value is -2.19. The molecule has 0 aromatic carbocycles. The summed E-state index contributed by atoms with van der Waals surface area (Å²) in [4.78, 5) is 8.72. The lowest BCUT2D eigenvalue weighted by atomic mass is 10.2. The van der Waals surface area contributed by atoms with E-state index in [1.807, 2.05) is 36.5 Å². The number of rotatable bonds is 1. The molecule has 4 nitrogen and oxygen atoms in total. The Balaban J connectivity index is 2.38. The normalized spacial score (nSPS) is 10.4. The highest BCUT2D eigenvalue weighted by Crippen LogP contribution is 2.25. The molecule has 3 heterocycles. The second-order valence-corrected chi connectivity index (χ2v) is 4.54. The Kier molecular flexibility index (Phi) is 2.58. The van der Waals surface area contributed by atoms with Gasteiger partial charge >= 0.3 is 0 Å². The van der Waals surface area contributed by atoms with Crippen molar-refractivity contribution in [3.63, 3.8) is 0 Å². The van der Waals surface area contributed by atoms with E-state index in [0.29, 0.717) is 17.1 Å². The van der Waals surface area contributed by atoms with Crippen LogP contribution in [-0.2, 0) is 0 Å². The molecule has 0 bridgehead atoms. The first-order chi connectivity index (χ1) is 8.81. The molecule has 0 N–H and O–H groups in total. The largest absolute Gasteiger partial charge is 0.290 e. The van der Waals surface area contributed by atoms with Gasteiger partial charge in [-0.3, -0.25) is 9.38 Å². The minimum absolute atomic E-state index is 0.491. The van der Waals surface area contributed by atoms with Crippen LogP contribution in [0.5, 0.6) is 0 Å². The van der Waals surface area contributed by atoms with E-state index < -0.39 is 0 Å². The second-order valence-electron chi connectivity index (χ2n) is 3.69. The van der Waals surface area contributed by atoms with Crippen molar-refractivity contribution in [1.82, 2.24) is 14.4 Å². The predicted molar refractivity (Wildman–Crippen MR) is 70.8 cm³/mol. The highest BCUT2D eigenvalue weighted by Gasteiger charge is 2.15. The van der Waals surface area contributed by atoms with Gasteiger partial charge in [-0.2, -0.15) is 5.26 Å². The summed E-state index contributed by atoms with van der Waals surface area (Å²) in [5.74, 6) is 0. The molecular weight excluding hydrogens is 292 g/mol. The quantitative estimate of drug-likeness (QED) is 0.694. The number of fused-ring (bicyclic) bond motifs is 1. The van der Waals surface area contributed by atoms with E-state index in [4.69, 9.17) is 0 Å². The molecule has 3 aromatic rings. The van der Waals surface area contributed by atoms with Crippen molar-refractivity contribution in [2.75, 3.05) is 0 Å². The fourth-order valence-electron chi connectivity index (χ4n) is 1.82. The zero-order valence-electron chi connectivity index (χ0n) is 9.21. The molecule has 0 aliphatic carbocycles. The smallest absolute Gasteiger partial charge is 0.154 e. The lowest BCUT2D eigenvalue weighted by Crippen LogP contribution is -1.89. The monoisotopic (exact) mass is 298 g/mol. The summed E-state index contributed by atoms with van der Waals surface area (Å²) in [6.07, 6.45) is 3.51. The van der Waals surface area contributed by atoms with Gasteiger partial charge in [0.05, 0.1) is 10.2 Å². The second kappa shape index (κ2) is 4.24. The highest BCUT2D eigenvalue weighted by molar-refractivity contribution is 9.10. The van der Waals surface area contributed by atoms with E-state index in [2.05, 4.69) is 32.0 Å². The number of nitriles is 1. The van der Waals surface area contributed by atoms with Crippen molar-refractivity contribution in [2.45, 2.75) is 0 Å².